The molecule has 1 aromatic rings. The summed E-state index contributed by atoms with van der Waals surface area (Å²) in [4.78, 5) is 12.5. The number of carbonyl (C=O) groups excluding carboxylic acids is 1. The molecule has 1 aliphatic rings. The highest BCUT2D eigenvalue weighted by Crippen LogP contribution is 2.25. The average Bonchev–Trinajstić information content (AvgIpc) is 2.42. The van der Waals surface area contributed by atoms with E-state index in [1.54, 1.807) is 0 Å². The summed E-state index contributed by atoms with van der Waals surface area (Å²) in [5.74, 6) is 0.0720. The lowest BCUT2D eigenvalue weighted by molar-refractivity contribution is -0.126. The maximum absolute atomic E-state index is 12.5. The summed E-state index contributed by atoms with van der Waals surface area (Å²) in [5.41, 5.74) is 1.71. The Hall–Kier alpha value is -1.35. The molecule has 0 bridgehead atoms. The highest BCUT2D eigenvalue weighted by Gasteiger charge is 2.32. The molecule has 2 N–H and O–H groups in total. The molecular formula is C17H25NO2. The van der Waals surface area contributed by atoms with E-state index in [0.717, 1.165) is 31.2 Å². The third-order valence-corrected chi connectivity index (χ3v) is 4.37. The molecule has 3 nitrogen and oxygen atoms in total. The summed E-state index contributed by atoms with van der Waals surface area (Å²) >= 11 is 0. The number of amides is 1. The van der Waals surface area contributed by atoms with Crippen LogP contribution in [0.2, 0.25) is 0 Å². The molecule has 0 unspecified atom stereocenters. The molecule has 20 heavy (non-hydrogen) atoms. The lowest BCUT2D eigenvalue weighted by Gasteiger charge is -2.31. The summed E-state index contributed by atoms with van der Waals surface area (Å²) < 4.78 is 0. The second kappa shape index (κ2) is 5.96. The smallest absolute Gasteiger partial charge is 0.230 e. The summed E-state index contributed by atoms with van der Waals surface area (Å²) in [6.45, 7) is 5.97. The fourth-order valence-electron chi connectivity index (χ4n) is 2.69. The van der Waals surface area contributed by atoms with Crippen molar-refractivity contribution in [3.8, 4) is 0 Å². The molecule has 3 heteroatoms. The minimum atomic E-state index is -0.524. The Labute approximate surface area is 121 Å². The minimum absolute atomic E-state index is 0.0720. The molecule has 2 rings (SSSR count). The molecule has 1 aliphatic carbocycles. The van der Waals surface area contributed by atoms with Gasteiger partial charge in [-0.25, -0.2) is 0 Å². The van der Waals surface area contributed by atoms with E-state index in [9.17, 15) is 9.90 Å². The monoisotopic (exact) mass is 275 g/mol. The van der Waals surface area contributed by atoms with Crippen molar-refractivity contribution in [1.82, 2.24) is 5.32 Å². The summed E-state index contributed by atoms with van der Waals surface area (Å²) in [6.07, 6.45) is 3.13. The van der Waals surface area contributed by atoms with Gasteiger partial charge in [-0.05, 0) is 52.0 Å². The highest BCUT2D eigenvalue weighted by molar-refractivity contribution is 5.87. The van der Waals surface area contributed by atoms with Crippen LogP contribution in [0.25, 0.3) is 0 Å². The molecule has 0 aromatic heterocycles. The van der Waals surface area contributed by atoms with E-state index in [-0.39, 0.29) is 18.1 Å². The minimum Gasteiger partial charge on any atom is -0.393 e. The lowest BCUT2D eigenvalue weighted by atomic mass is 9.82. The van der Waals surface area contributed by atoms with Gasteiger partial charge in [0.2, 0.25) is 5.91 Å². The van der Waals surface area contributed by atoms with Crippen molar-refractivity contribution in [3.63, 3.8) is 0 Å². The molecule has 0 radical (unpaired) electrons. The van der Waals surface area contributed by atoms with E-state index >= 15 is 0 Å². The normalized spacial score (nSPS) is 23.4. The molecule has 1 saturated carbocycles. The zero-order valence-corrected chi connectivity index (χ0v) is 12.6. The molecular weight excluding hydrogens is 250 g/mol. The van der Waals surface area contributed by atoms with Crippen LogP contribution < -0.4 is 5.32 Å². The average molecular weight is 275 g/mol. The SMILES string of the molecule is Cc1ccc(C(C)(C)C(=O)NC2CCC(O)CC2)cc1. The van der Waals surface area contributed by atoms with E-state index < -0.39 is 5.41 Å². The predicted octanol–water partition coefficient (Wildman–Crippen LogP) is 2.69. The number of rotatable bonds is 3. The third-order valence-electron chi connectivity index (χ3n) is 4.37. The first kappa shape index (κ1) is 15.0. The number of aliphatic hydroxyl groups excluding tert-OH is 1. The van der Waals surface area contributed by atoms with E-state index in [4.69, 9.17) is 0 Å². The van der Waals surface area contributed by atoms with Crippen molar-refractivity contribution in [2.45, 2.75) is 64.0 Å². The van der Waals surface area contributed by atoms with Crippen LogP contribution in [0.15, 0.2) is 24.3 Å². The first-order valence-electron chi connectivity index (χ1n) is 7.46. The highest BCUT2D eigenvalue weighted by atomic mass is 16.3. The fourth-order valence-corrected chi connectivity index (χ4v) is 2.69. The summed E-state index contributed by atoms with van der Waals surface area (Å²) in [6, 6.07) is 8.34. The summed E-state index contributed by atoms with van der Waals surface area (Å²) in [5, 5.41) is 12.7. The Kier molecular flexibility index (Phi) is 4.48. The number of nitrogens with one attached hydrogen (secondary N) is 1. The molecule has 0 atom stereocenters. The number of carbonyl (C=O) groups is 1. The van der Waals surface area contributed by atoms with Gasteiger partial charge >= 0.3 is 0 Å². The largest absolute Gasteiger partial charge is 0.393 e. The second-order valence-corrected chi connectivity index (χ2v) is 6.47. The number of benzene rings is 1. The predicted molar refractivity (Wildman–Crippen MR) is 80.6 cm³/mol. The van der Waals surface area contributed by atoms with Gasteiger partial charge in [-0.2, -0.15) is 0 Å². The fraction of sp³-hybridized carbons (Fsp3) is 0.588. The maximum Gasteiger partial charge on any atom is 0.230 e. The Morgan fingerprint density at radius 3 is 2.25 bits per heavy atom. The van der Waals surface area contributed by atoms with Crippen LogP contribution in [0.3, 0.4) is 0 Å². The summed E-state index contributed by atoms with van der Waals surface area (Å²) in [7, 11) is 0. The van der Waals surface area contributed by atoms with Gasteiger partial charge in [-0.15, -0.1) is 0 Å². The van der Waals surface area contributed by atoms with E-state index in [1.165, 1.54) is 5.56 Å². The van der Waals surface area contributed by atoms with Crippen LogP contribution >= 0.6 is 0 Å². The Bertz CT molecular complexity index is 456. The van der Waals surface area contributed by atoms with E-state index in [0.29, 0.717) is 0 Å². The molecule has 0 saturated heterocycles. The maximum atomic E-state index is 12.5. The van der Waals surface area contributed by atoms with Crippen molar-refractivity contribution in [2.75, 3.05) is 0 Å². The van der Waals surface area contributed by atoms with Gasteiger partial charge in [0.1, 0.15) is 0 Å². The second-order valence-electron chi connectivity index (χ2n) is 6.47. The molecule has 0 spiro atoms. The van der Waals surface area contributed by atoms with Crippen molar-refractivity contribution in [1.29, 1.82) is 0 Å². The molecule has 0 heterocycles. The Balaban J connectivity index is 2.01. The molecule has 110 valence electrons. The molecule has 0 aliphatic heterocycles. The van der Waals surface area contributed by atoms with Crippen LogP contribution in [0, 0.1) is 6.92 Å². The van der Waals surface area contributed by atoms with Gasteiger partial charge in [0.05, 0.1) is 11.5 Å². The lowest BCUT2D eigenvalue weighted by Crippen LogP contribution is -2.46. The zero-order valence-electron chi connectivity index (χ0n) is 12.6. The first-order valence-corrected chi connectivity index (χ1v) is 7.46. The number of aliphatic hydroxyl groups is 1. The molecule has 1 fully saturated rings. The first-order chi connectivity index (χ1) is 9.39. The van der Waals surface area contributed by atoms with E-state index in [1.807, 2.05) is 45.0 Å². The van der Waals surface area contributed by atoms with Gasteiger partial charge < -0.3 is 10.4 Å². The van der Waals surface area contributed by atoms with Crippen LogP contribution in [-0.2, 0) is 10.2 Å². The van der Waals surface area contributed by atoms with Crippen molar-refractivity contribution < 1.29 is 9.90 Å². The Morgan fingerprint density at radius 2 is 1.70 bits per heavy atom. The van der Waals surface area contributed by atoms with Gasteiger partial charge in [-0.1, -0.05) is 29.8 Å². The standard InChI is InChI=1S/C17H25NO2/c1-12-4-6-13(7-5-12)17(2,3)16(20)18-14-8-10-15(19)11-9-14/h4-7,14-15,19H,8-11H2,1-3H3,(H,18,20). The van der Waals surface area contributed by atoms with Gasteiger partial charge in [0, 0.05) is 6.04 Å². The van der Waals surface area contributed by atoms with Crippen LogP contribution in [-0.4, -0.2) is 23.2 Å². The van der Waals surface area contributed by atoms with E-state index in [2.05, 4.69) is 5.32 Å². The van der Waals surface area contributed by atoms with Gasteiger partial charge in [0.15, 0.2) is 0 Å². The van der Waals surface area contributed by atoms with Crippen molar-refractivity contribution in [3.05, 3.63) is 35.4 Å². The van der Waals surface area contributed by atoms with Crippen LogP contribution in [0.5, 0.6) is 0 Å². The van der Waals surface area contributed by atoms with Crippen molar-refractivity contribution in [2.24, 2.45) is 0 Å². The van der Waals surface area contributed by atoms with Gasteiger partial charge in [-0.3, -0.25) is 4.79 Å². The van der Waals surface area contributed by atoms with Crippen molar-refractivity contribution >= 4 is 5.91 Å². The van der Waals surface area contributed by atoms with Crippen LogP contribution in [0.4, 0.5) is 0 Å². The topological polar surface area (TPSA) is 49.3 Å². The number of hydrogen-bond acceptors (Lipinski definition) is 2. The molecule has 1 amide bonds. The molecule has 1 aromatic carbocycles. The third kappa shape index (κ3) is 3.40. The zero-order chi connectivity index (χ0) is 14.8. The number of hydrogen-bond donors (Lipinski definition) is 2. The van der Waals surface area contributed by atoms with Crippen LogP contribution in [0.1, 0.15) is 50.7 Å². The van der Waals surface area contributed by atoms with Gasteiger partial charge in [0.25, 0.3) is 0 Å². The quantitative estimate of drug-likeness (QED) is 0.891. The Morgan fingerprint density at radius 1 is 1.15 bits per heavy atom. The number of aryl methyl sites for hydroxylation is 1.